The summed E-state index contributed by atoms with van der Waals surface area (Å²) in [4.78, 5) is 22.7. The molecular formula is C13H14O4. The van der Waals surface area contributed by atoms with Crippen LogP contribution in [0, 0.1) is 0 Å². The minimum Gasteiger partial charge on any atom is -0.447 e. The first-order chi connectivity index (χ1) is 8.00. The minimum atomic E-state index is -0.959. The Morgan fingerprint density at radius 2 is 1.82 bits per heavy atom. The number of carbonyl (C=O) groups excluding carboxylic acids is 2. The minimum absolute atomic E-state index is 0.240. The summed E-state index contributed by atoms with van der Waals surface area (Å²) in [5, 5.41) is 0. The molecule has 17 heavy (non-hydrogen) atoms. The average Bonchev–Trinajstić information content (AvgIpc) is 2.29. The molecule has 0 fully saturated rings. The van der Waals surface area contributed by atoms with Gasteiger partial charge in [-0.1, -0.05) is 24.8 Å². The highest BCUT2D eigenvalue weighted by Gasteiger charge is 2.20. The molecule has 0 amide bonds. The van der Waals surface area contributed by atoms with Gasteiger partial charge in [-0.05, 0) is 26.0 Å². The lowest BCUT2D eigenvalue weighted by atomic mass is 10.3. The van der Waals surface area contributed by atoms with Gasteiger partial charge >= 0.3 is 11.9 Å². The Balaban J connectivity index is 2.53. The number of benzene rings is 1. The molecule has 90 valence electrons. The summed E-state index contributed by atoms with van der Waals surface area (Å²) in [6.07, 6.45) is -0.959. The number of carbonyl (C=O) groups is 2. The molecule has 0 aliphatic heterocycles. The maximum Gasteiger partial charge on any atom is 0.352 e. The fraction of sp³-hybridized carbons (Fsp3) is 0.231. The van der Waals surface area contributed by atoms with Crippen molar-refractivity contribution in [3.05, 3.63) is 42.5 Å². The SMILES string of the molecule is C=C(C)C(=O)OC(C)C(=O)Oc1ccccc1. The molecule has 1 rings (SSSR count). The zero-order valence-electron chi connectivity index (χ0n) is 9.80. The van der Waals surface area contributed by atoms with E-state index in [0.29, 0.717) is 5.75 Å². The van der Waals surface area contributed by atoms with E-state index in [9.17, 15) is 9.59 Å². The highest BCUT2D eigenvalue weighted by Crippen LogP contribution is 2.10. The molecular weight excluding hydrogens is 220 g/mol. The van der Waals surface area contributed by atoms with Crippen molar-refractivity contribution in [3.63, 3.8) is 0 Å². The molecule has 0 radical (unpaired) electrons. The smallest absolute Gasteiger partial charge is 0.352 e. The third-order valence-electron chi connectivity index (χ3n) is 1.93. The van der Waals surface area contributed by atoms with Crippen molar-refractivity contribution in [1.82, 2.24) is 0 Å². The molecule has 1 aromatic rings. The summed E-state index contributed by atoms with van der Waals surface area (Å²) in [5.41, 5.74) is 0.240. The van der Waals surface area contributed by atoms with Crippen LogP contribution in [0.1, 0.15) is 13.8 Å². The van der Waals surface area contributed by atoms with Crippen molar-refractivity contribution in [1.29, 1.82) is 0 Å². The molecule has 0 aliphatic carbocycles. The first-order valence-electron chi connectivity index (χ1n) is 5.14. The summed E-state index contributed by atoms with van der Waals surface area (Å²) < 4.78 is 9.84. The molecule has 0 saturated carbocycles. The Hall–Kier alpha value is -2.10. The summed E-state index contributed by atoms with van der Waals surface area (Å²) in [6.45, 7) is 6.39. The Morgan fingerprint density at radius 1 is 1.24 bits per heavy atom. The molecule has 4 heteroatoms. The van der Waals surface area contributed by atoms with Gasteiger partial charge < -0.3 is 9.47 Å². The van der Waals surface area contributed by atoms with Gasteiger partial charge in [0.15, 0.2) is 6.10 Å². The van der Waals surface area contributed by atoms with E-state index in [1.807, 2.05) is 6.07 Å². The Bertz CT molecular complexity index is 422. The van der Waals surface area contributed by atoms with Crippen LogP contribution in [-0.4, -0.2) is 18.0 Å². The third-order valence-corrected chi connectivity index (χ3v) is 1.93. The van der Waals surface area contributed by atoms with Gasteiger partial charge in [0.25, 0.3) is 0 Å². The Labute approximate surface area is 99.8 Å². The van der Waals surface area contributed by atoms with Crippen LogP contribution in [0.2, 0.25) is 0 Å². The van der Waals surface area contributed by atoms with Crippen LogP contribution in [0.5, 0.6) is 5.75 Å². The number of rotatable bonds is 4. The van der Waals surface area contributed by atoms with Crippen molar-refractivity contribution in [2.24, 2.45) is 0 Å². The average molecular weight is 234 g/mol. The predicted molar refractivity (Wildman–Crippen MR) is 62.4 cm³/mol. The van der Waals surface area contributed by atoms with E-state index in [-0.39, 0.29) is 5.57 Å². The fourth-order valence-electron chi connectivity index (χ4n) is 0.997. The van der Waals surface area contributed by atoms with Gasteiger partial charge in [0.05, 0.1) is 0 Å². The van der Waals surface area contributed by atoms with Crippen molar-refractivity contribution in [2.75, 3.05) is 0 Å². The van der Waals surface area contributed by atoms with Crippen LogP contribution >= 0.6 is 0 Å². The van der Waals surface area contributed by atoms with Crippen molar-refractivity contribution >= 4 is 11.9 Å². The summed E-state index contributed by atoms with van der Waals surface area (Å²) in [6, 6.07) is 8.58. The largest absolute Gasteiger partial charge is 0.447 e. The molecule has 0 heterocycles. The third kappa shape index (κ3) is 4.10. The standard InChI is InChI=1S/C13H14O4/c1-9(2)12(14)16-10(3)13(15)17-11-7-5-4-6-8-11/h4-8,10H,1H2,2-3H3. The number of hydrogen-bond donors (Lipinski definition) is 0. The van der Waals surface area contributed by atoms with Crippen LogP contribution in [0.4, 0.5) is 0 Å². The summed E-state index contributed by atoms with van der Waals surface area (Å²) >= 11 is 0. The lowest BCUT2D eigenvalue weighted by Gasteiger charge is -2.12. The molecule has 1 atom stereocenters. The summed E-state index contributed by atoms with van der Waals surface area (Å²) in [5.74, 6) is -0.816. The topological polar surface area (TPSA) is 52.6 Å². The lowest BCUT2D eigenvalue weighted by Crippen LogP contribution is -2.28. The van der Waals surface area contributed by atoms with Crippen LogP contribution in [-0.2, 0) is 14.3 Å². The second-order valence-electron chi connectivity index (χ2n) is 3.56. The molecule has 1 unspecified atom stereocenters. The number of hydrogen-bond acceptors (Lipinski definition) is 4. The molecule has 0 aliphatic rings. The second kappa shape index (κ2) is 5.84. The van der Waals surface area contributed by atoms with Gasteiger partial charge in [-0.15, -0.1) is 0 Å². The van der Waals surface area contributed by atoms with Crippen molar-refractivity contribution in [2.45, 2.75) is 20.0 Å². The van der Waals surface area contributed by atoms with Crippen molar-refractivity contribution in [3.8, 4) is 5.75 Å². The molecule has 0 saturated heterocycles. The monoisotopic (exact) mass is 234 g/mol. The van der Waals surface area contributed by atoms with E-state index in [2.05, 4.69) is 6.58 Å². The lowest BCUT2D eigenvalue weighted by molar-refractivity contribution is -0.158. The van der Waals surface area contributed by atoms with E-state index < -0.39 is 18.0 Å². The molecule has 4 nitrogen and oxygen atoms in total. The summed E-state index contributed by atoms with van der Waals surface area (Å²) in [7, 11) is 0. The van der Waals surface area contributed by atoms with Crippen molar-refractivity contribution < 1.29 is 19.1 Å². The predicted octanol–water partition coefficient (Wildman–Crippen LogP) is 2.10. The van der Waals surface area contributed by atoms with E-state index in [1.54, 1.807) is 24.3 Å². The van der Waals surface area contributed by atoms with Crippen LogP contribution in [0.25, 0.3) is 0 Å². The van der Waals surface area contributed by atoms with Crippen LogP contribution in [0.3, 0.4) is 0 Å². The molecule has 1 aromatic carbocycles. The highest BCUT2D eigenvalue weighted by molar-refractivity contribution is 5.89. The van der Waals surface area contributed by atoms with Gasteiger partial charge in [-0.2, -0.15) is 0 Å². The number of esters is 2. The Kier molecular flexibility index (Phi) is 4.46. The number of para-hydroxylation sites is 1. The van der Waals surface area contributed by atoms with Crippen LogP contribution < -0.4 is 4.74 Å². The van der Waals surface area contributed by atoms with Gasteiger partial charge in [-0.25, -0.2) is 9.59 Å². The number of ether oxygens (including phenoxy) is 2. The molecule has 0 bridgehead atoms. The zero-order valence-corrected chi connectivity index (χ0v) is 9.80. The normalized spacial score (nSPS) is 11.4. The second-order valence-corrected chi connectivity index (χ2v) is 3.56. The van der Waals surface area contributed by atoms with E-state index in [0.717, 1.165) is 0 Å². The first kappa shape index (κ1) is 13.0. The molecule has 0 spiro atoms. The molecule has 0 N–H and O–H groups in total. The van der Waals surface area contributed by atoms with Gasteiger partial charge in [-0.3, -0.25) is 0 Å². The highest BCUT2D eigenvalue weighted by atomic mass is 16.6. The molecule has 0 aromatic heterocycles. The fourth-order valence-corrected chi connectivity index (χ4v) is 0.997. The van der Waals surface area contributed by atoms with E-state index in [1.165, 1.54) is 13.8 Å². The quantitative estimate of drug-likeness (QED) is 0.455. The first-order valence-corrected chi connectivity index (χ1v) is 5.14. The Morgan fingerprint density at radius 3 is 2.35 bits per heavy atom. The zero-order chi connectivity index (χ0) is 12.8. The maximum atomic E-state index is 11.5. The maximum absolute atomic E-state index is 11.5. The van der Waals surface area contributed by atoms with Gasteiger partial charge in [0, 0.05) is 5.57 Å². The van der Waals surface area contributed by atoms with Gasteiger partial charge in [0.2, 0.25) is 0 Å². The van der Waals surface area contributed by atoms with Gasteiger partial charge in [0.1, 0.15) is 5.75 Å². The van der Waals surface area contributed by atoms with Crippen LogP contribution in [0.15, 0.2) is 42.5 Å². The van der Waals surface area contributed by atoms with E-state index >= 15 is 0 Å². The van der Waals surface area contributed by atoms with E-state index in [4.69, 9.17) is 9.47 Å².